The second kappa shape index (κ2) is 6.41. The summed E-state index contributed by atoms with van der Waals surface area (Å²) >= 11 is 0. The van der Waals surface area contributed by atoms with Crippen LogP contribution in [0.4, 0.5) is 0 Å². The van der Waals surface area contributed by atoms with E-state index in [1.54, 1.807) is 0 Å². The topological polar surface area (TPSA) is 15.3 Å². The maximum absolute atomic E-state index is 3.52. The van der Waals surface area contributed by atoms with Gasteiger partial charge in [0, 0.05) is 19.6 Å². The third-order valence-corrected chi connectivity index (χ3v) is 3.33. The zero-order valence-corrected chi connectivity index (χ0v) is 10.1. The smallest absolute Gasteiger partial charge is 0.0156 e. The molecule has 0 radical (unpaired) electrons. The molecular formula is C12H26N2. The summed E-state index contributed by atoms with van der Waals surface area (Å²) in [7, 11) is 0. The molecule has 1 aliphatic heterocycles. The van der Waals surface area contributed by atoms with Crippen molar-refractivity contribution in [2.75, 3.05) is 19.6 Å². The Labute approximate surface area is 89.0 Å². The van der Waals surface area contributed by atoms with Crippen LogP contribution in [0.1, 0.15) is 46.5 Å². The first-order valence-electron chi connectivity index (χ1n) is 6.20. The molecule has 0 unspecified atom stereocenters. The van der Waals surface area contributed by atoms with Crippen LogP contribution < -0.4 is 5.43 Å². The molecule has 1 fully saturated rings. The Balaban J connectivity index is 2.21. The van der Waals surface area contributed by atoms with Gasteiger partial charge in [-0.25, -0.2) is 5.01 Å². The van der Waals surface area contributed by atoms with E-state index in [-0.39, 0.29) is 0 Å². The molecule has 2 atom stereocenters. The Hall–Kier alpha value is -0.0800. The summed E-state index contributed by atoms with van der Waals surface area (Å²) < 4.78 is 0. The fraction of sp³-hybridized carbons (Fsp3) is 1.00. The summed E-state index contributed by atoms with van der Waals surface area (Å²) in [5.41, 5.74) is 3.52. The number of rotatable bonds is 4. The van der Waals surface area contributed by atoms with Gasteiger partial charge in [0.1, 0.15) is 0 Å². The maximum Gasteiger partial charge on any atom is 0.0156 e. The highest BCUT2D eigenvalue weighted by atomic mass is 15.5. The molecule has 0 aromatic heterocycles. The first-order valence-corrected chi connectivity index (χ1v) is 6.20. The van der Waals surface area contributed by atoms with Crippen LogP contribution in [0.25, 0.3) is 0 Å². The van der Waals surface area contributed by atoms with Crippen LogP contribution >= 0.6 is 0 Å². The third-order valence-electron chi connectivity index (χ3n) is 3.33. The molecular weight excluding hydrogens is 172 g/mol. The lowest BCUT2D eigenvalue weighted by Gasteiger charge is -2.24. The van der Waals surface area contributed by atoms with E-state index in [9.17, 15) is 0 Å². The lowest BCUT2D eigenvalue weighted by molar-refractivity contribution is 0.170. The van der Waals surface area contributed by atoms with Gasteiger partial charge in [-0.3, -0.25) is 5.43 Å². The standard InChI is InChI=1S/C12H26N2/c1-4-11(2)7-9-14-10-12(3)6-5-8-13-14/h11-13H,4-10H2,1-3H3/t11-,12+/m1/s1. The number of nitrogens with one attached hydrogen (secondary N) is 1. The van der Waals surface area contributed by atoms with Gasteiger partial charge in [0.25, 0.3) is 0 Å². The monoisotopic (exact) mass is 198 g/mol. The van der Waals surface area contributed by atoms with Crippen molar-refractivity contribution in [1.82, 2.24) is 10.4 Å². The van der Waals surface area contributed by atoms with Gasteiger partial charge in [-0.15, -0.1) is 0 Å². The molecule has 0 spiro atoms. The van der Waals surface area contributed by atoms with E-state index in [1.807, 2.05) is 0 Å². The van der Waals surface area contributed by atoms with Gasteiger partial charge >= 0.3 is 0 Å². The molecule has 0 aromatic rings. The highest BCUT2D eigenvalue weighted by Crippen LogP contribution is 2.12. The Bertz CT molecular complexity index is 147. The molecule has 0 aromatic carbocycles. The van der Waals surface area contributed by atoms with Crippen molar-refractivity contribution in [2.24, 2.45) is 11.8 Å². The average Bonchev–Trinajstić information content (AvgIpc) is 2.39. The predicted octanol–water partition coefficient (Wildman–Crippen LogP) is 2.66. The third kappa shape index (κ3) is 4.43. The van der Waals surface area contributed by atoms with Gasteiger partial charge in [-0.2, -0.15) is 0 Å². The normalized spacial score (nSPS) is 27.2. The number of hydrogen-bond acceptors (Lipinski definition) is 2. The largest absolute Gasteiger partial charge is 0.255 e. The van der Waals surface area contributed by atoms with E-state index >= 15 is 0 Å². The summed E-state index contributed by atoms with van der Waals surface area (Å²) in [6.07, 6.45) is 5.35. The van der Waals surface area contributed by atoms with Crippen molar-refractivity contribution in [1.29, 1.82) is 0 Å². The Morgan fingerprint density at radius 2 is 2.29 bits per heavy atom. The summed E-state index contributed by atoms with van der Waals surface area (Å²) in [4.78, 5) is 0. The molecule has 14 heavy (non-hydrogen) atoms. The van der Waals surface area contributed by atoms with E-state index in [0.29, 0.717) is 0 Å². The molecule has 2 nitrogen and oxygen atoms in total. The SMILES string of the molecule is CC[C@@H](C)CCN1C[C@@H](C)CCCN1. The van der Waals surface area contributed by atoms with Crippen molar-refractivity contribution >= 4 is 0 Å². The van der Waals surface area contributed by atoms with E-state index in [2.05, 4.69) is 31.2 Å². The van der Waals surface area contributed by atoms with Crippen LogP contribution in [0.3, 0.4) is 0 Å². The zero-order valence-electron chi connectivity index (χ0n) is 10.1. The van der Waals surface area contributed by atoms with Crippen molar-refractivity contribution in [3.05, 3.63) is 0 Å². The molecule has 0 saturated carbocycles. The Morgan fingerprint density at radius 1 is 1.50 bits per heavy atom. The molecule has 1 heterocycles. The molecule has 1 rings (SSSR count). The van der Waals surface area contributed by atoms with Gasteiger partial charge in [-0.1, -0.05) is 27.2 Å². The maximum atomic E-state index is 3.52. The molecule has 2 heteroatoms. The highest BCUT2D eigenvalue weighted by Gasteiger charge is 2.14. The summed E-state index contributed by atoms with van der Waals surface area (Å²) in [6.45, 7) is 10.6. The molecule has 84 valence electrons. The lowest BCUT2D eigenvalue weighted by atomic mass is 10.0. The second-order valence-corrected chi connectivity index (χ2v) is 4.90. The fourth-order valence-corrected chi connectivity index (χ4v) is 1.97. The van der Waals surface area contributed by atoms with E-state index in [4.69, 9.17) is 0 Å². The number of hydrazine groups is 1. The minimum absolute atomic E-state index is 0.863. The van der Waals surface area contributed by atoms with Crippen LogP contribution in [0, 0.1) is 11.8 Å². The summed E-state index contributed by atoms with van der Waals surface area (Å²) in [6, 6.07) is 0. The van der Waals surface area contributed by atoms with Crippen molar-refractivity contribution in [2.45, 2.75) is 46.5 Å². The minimum Gasteiger partial charge on any atom is -0.255 e. The Morgan fingerprint density at radius 3 is 3.00 bits per heavy atom. The van der Waals surface area contributed by atoms with E-state index in [0.717, 1.165) is 11.8 Å². The fourth-order valence-electron chi connectivity index (χ4n) is 1.97. The number of nitrogens with zero attached hydrogens (tertiary/aromatic N) is 1. The van der Waals surface area contributed by atoms with Crippen LogP contribution in [0.15, 0.2) is 0 Å². The van der Waals surface area contributed by atoms with Crippen molar-refractivity contribution < 1.29 is 0 Å². The molecule has 1 aliphatic rings. The van der Waals surface area contributed by atoms with E-state index < -0.39 is 0 Å². The van der Waals surface area contributed by atoms with Crippen LogP contribution in [0.2, 0.25) is 0 Å². The van der Waals surface area contributed by atoms with Crippen LogP contribution in [0.5, 0.6) is 0 Å². The minimum atomic E-state index is 0.863. The Kier molecular flexibility index (Phi) is 5.49. The number of hydrogen-bond donors (Lipinski definition) is 1. The van der Waals surface area contributed by atoms with Crippen molar-refractivity contribution in [3.8, 4) is 0 Å². The second-order valence-electron chi connectivity index (χ2n) is 4.90. The van der Waals surface area contributed by atoms with Gasteiger partial charge < -0.3 is 0 Å². The quantitative estimate of drug-likeness (QED) is 0.747. The van der Waals surface area contributed by atoms with E-state index in [1.165, 1.54) is 45.3 Å². The molecule has 1 N–H and O–H groups in total. The average molecular weight is 198 g/mol. The molecule has 0 aliphatic carbocycles. The molecule has 1 saturated heterocycles. The van der Waals surface area contributed by atoms with Gasteiger partial charge in [0.05, 0.1) is 0 Å². The van der Waals surface area contributed by atoms with Crippen molar-refractivity contribution in [3.63, 3.8) is 0 Å². The predicted molar refractivity (Wildman–Crippen MR) is 62.0 cm³/mol. The van der Waals surface area contributed by atoms with Gasteiger partial charge in [0.2, 0.25) is 0 Å². The van der Waals surface area contributed by atoms with Gasteiger partial charge in [0.15, 0.2) is 0 Å². The zero-order chi connectivity index (χ0) is 10.4. The van der Waals surface area contributed by atoms with Crippen LogP contribution in [-0.2, 0) is 0 Å². The van der Waals surface area contributed by atoms with Crippen LogP contribution in [-0.4, -0.2) is 24.6 Å². The lowest BCUT2D eigenvalue weighted by Crippen LogP contribution is -2.40. The summed E-state index contributed by atoms with van der Waals surface area (Å²) in [5.74, 6) is 1.73. The van der Waals surface area contributed by atoms with Gasteiger partial charge in [-0.05, 0) is 31.1 Å². The first kappa shape index (κ1) is 12.0. The molecule has 0 bridgehead atoms. The first-order chi connectivity index (χ1) is 6.72. The molecule has 0 amide bonds. The highest BCUT2D eigenvalue weighted by molar-refractivity contribution is 4.66. The summed E-state index contributed by atoms with van der Waals surface area (Å²) in [5, 5.41) is 2.43.